The number of anilines is 3. The third-order valence-corrected chi connectivity index (χ3v) is 12.7. The van der Waals surface area contributed by atoms with Crippen LogP contribution >= 0.6 is 27.7 Å². The zero-order valence-corrected chi connectivity index (χ0v) is 32.0. The van der Waals surface area contributed by atoms with Gasteiger partial charge in [-0.3, -0.25) is 19.7 Å². The molecule has 0 amide bonds. The molecule has 0 saturated carbocycles. The van der Waals surface area contributed by atoms with Crippen molar-refractivity contribution in [1.29, 1.82) is 0 Å². The Morgan fingerprint density at radius 3 is 2.51 bits per heavy atom. The Morgan fingerprint density at radius 2 is 1.80 bits per heavy atom. The minimum Gasteiger partial charge on any atom is -0.376 e. The molecule has 1 aromatic heterocycles. The van der Waals surface area contributed by atoms with E-state index in [2.05, 4.69) is 50.6 Å². The highest BCUT2D eigenvalue weighted by atomic mass is 79.9. The molecule has 0 bridgehead atoms. The molecule has 51 heavy (non-hydrogen) atoms. The van der Waals surface area contributed by atoms with Crippen molar-refractivity contribution < 1.29 is 13.3 Å². The largest absolute Gasteiger partial charge is 0.376 e. The van der Waals surface area contributed by atoms with Gasteiger partial charge < -0.3 is 15.1 Å². The van der Waals surface area contributed by atoms with Crippen LogP contribution in [0.1, 0.15) is 25.7 Å². The molecule has 1 aliphatic heterocycles. The number of hydrogen-bond acceptors (Lipinski definition) is 11. The van der Waals surface area contributed by atoms with E-state index in [1.54, 1.807) is 11.8 Å². The number of thioether (sulfide) groups is 1. The maximum Gasteiger partial charge on any atom is 0.293 e. The van der Waals surface area contributed by atoms with Crippen LogP contribution in [-0.2, 0) is 10.0 Å². The van der Waals surface area contributed by atoms with E-state index in [4.69, 9.17) is 0 Å². The van der Waals surface area contributed by atoms with Gasteiger partial charge in [-0.05, 0) is 98.8 Å². The predicted octanol–water partition coefficient (Wildman–Crippen LogP) is 6.82. The number of benzene rings is 3. The van der Waals surface area contributed by atoms with Crippen molar-refractivity contribution in [3.63, 3.8) is 0 Å². The Bertz CT molecular complexity index is 1990. The topological polar surface area (TPSA) is 137 Å². The van der Waals surface area contributed by atoms with Crippen LogP contribution in [0.5, 0.6) is 0 Å². The number of sulfonamides is 1. The number of nitrogens with one attached hydrogen (secondary N) is 2. The van der Waals surface area contributed by atoms with Gasteiger partial charge in [0.15, 0.2) is 5.82 Å². The molecule has 1 saturated heterocycles. The second-order valence-corrected chi connectivity index (χ2v) is 16.9. The maximum atomic E-state index is 13.6. The molecule has 4 aromatic rings. The van der Waals surface area contributed by atoms with Crippen LogP contribution in [0.2, 0.25) is 0 Å². The lowest BCUT2D eigenvalue weighted by molar-refractivity contribution is -0.384. The molecular formula is C36H43BrN8O4S2. The highest BCUT2D eigenvalue weighted by Gasteiger charge is 2.25. The number of aromatic nitrogens is 2. The Kier molecular flexibility index (Phi) is 12.1. The maximum absolute atomic E-state index is 13.6. The number of fused-ring (bicyclic) bond motifs is 1. The lowest BCUT2D eigenvalue weighted by Gasteiger charge is -2.36. The molecule has 2 aliphatic rings. The molecule has 1 aliphatic carbocycles. The number of halogens is 1. The van der Waals surface area contributed by atoms with Crippen molar-refractivity contribution in [2.24, 2.45) is 0 Å². The fourth-order valence-electron chi connectivity index (χ4n) is 6.37. The van der Waals surface area contributed by atoms with Crippen LogP contribution in [0.15, 0.2) is 92.9 Å². The molecule has 15 heteroatoms. The third-order valence-electron chi connectivity index (χ3n) is 9.22. The summed E-state index contributed by atoms with van der Waals surface area (Å²) in [5, 5.41) is 16.1. The second kappa shape index (κ2) is 16.7. The van der Waals surface area contributed by atoms with Crippen LogP contribution in [0.4, 0.5) is 22.9 Å². The van der Waals surface area contributed by atoms with Gasteiger partial charge in [-0.25, -0.2) is 18.4 Å². The van der Waals surface area contributed by atoms with Crippen molar-refractivity contribution in [2.75, 3.05) is 74.1 Å². The van der Waals surface area contributed by atoms with E-state index in [9.17, 15) is 18.5 Å². The Morgan fingerprint density at radius 1 is 1.02 bits per heavy atom. The molecule has 3 aromatic carbocycles. The molecule has 1 fully saturated rings. The van der Waals surface area contributed by atoms with Crippen LogP contribution in [0.3, 0.4) is 0 Å². The lowest BCUT2D eigenvalue weighted by atomic mass is 10.1. The summed E-state index contributed by atoms with van der Waals surface area (Å²) in [6.45, 7) is 5.47. The molecule has 6 rings (SSSR count). The molecular weight excluding hydrogens is 752 g/mol. The van der Waals surface area contributed by atoms with E-state index < -0.39 is 14.9 Å². The van der Waals surface area contributed by atoms with Gasteiger partial charge in [0.05, 0.1) is 15.3 Å². The molecule has 2 N–H and O–H groups in total. The fourth-order valence-corrected chi connectivity index (χ4v) is 9.02. The number of hydrogen-bond donors (Lipinski definition) is 2. The highest BCUT2D eigenvalue weighted by molar-refractivity contribution is 9.11. The van der Waals surface area contributed by atoms with Gasteiger partial charge in [0.1, 0.15) is 12.0 Å². The summed E-state index contributed by atoms with van der Waals surface area (Å²) < 4.78 is 31.2. The molecule has 0 radical (unpaired) electrons. The van der Waals surface area contributed by atoms with E-state index in [-0.39, 0.29) is 28.1 Å². The molecule has 0 spiro atoms. The van der Waals surface area contributed by atoms with E-state index in [1.807, 2.05) is 62.6 Å². The van der Waals surface area contributed by atoms with Gasteiger partial charge >= 0.3 is 0 Å². The van der Waals surface area contributed by atoms with Gasteiger partial charge in [-0.2, -0.15) is 0 Å². The standard InChI is InChI=1S/C36H43BrN8O4S2/c1-42(2)16-15-27(24-50-29-8-4-3-5-9-29)40-33-14-12-30(22-35(33)45(46)47)51(48,49)41-36-31-13-11-28(21-34(31)38-25-39-36)44-19-17-43(18-20-44)23-26-7-6-10-32(26)37/h3-5,8-9,11-14,21-22,25,27,40H,6-7,10,15-20,23-24H2,1-2H3,(H,38,39,41)/t27-/m1/s1. The first kappa shape index (κ1) is 37.0. The summed E-state index contributed by atoms with van der Waals surface area (Å²) in [5.74, 6) is 0.782. The van der Waals surface area contributed by atoms with Crippen molar-refractivity contribution in [1.82, 2.24) is 19.8 Å². The number of nitro benzene ring substituents is 1. The molecule has 2 heterocycles. The fraction of sp³-hybridized carbons (Fsp3) is 0.389. The number of rotatable bonds is 15. The minimum absolute atomic E-state index is 0.102. The van der Waals surface area contributed by atoms with Crippen LogP contribution in [0.25, 0.3) is 10.9 Å². The minimum atomic E-state index is -4.23. The zero-order chi connectivity index (χ0) is 36.0. The normalized spacial score (nSPS) is 16.2. The predicted molar refractivity (Wildman–Crippen MR) is 210 cm³/mol. The van der Waals surface area contributed by atoms with E-state index in [0.29, 0.717) is 16.7 Å². The van der Waals surface area contributed by atoms with Gasteiger partial charge in [0, 0.05) is 66.6 Å². The van der Waals surface area contributed by atoms with Crippen molar-refractivity contribution in [3.05, 3.63) is 93.2 Å². The van der Waals surface area contributed by atoms with Gasteiger partial charge in [-0.15, -0.1) is 11.8 Å². The summed E-state index contributed by atoms with van der Waals surface area (Å²) in [6.07, 6.45) is 5.60. The Labute approximate surface area is 312 Å². The van der Waals surface area contributed by atoms with E-state index in [0.717, 1.165) is 68.8 Å². The highest BCUT2D eigenvalue weighted by Crippen LogP contribution is 2.33. The monoisotopic (exact) mass is 794 g/mol. The zero-order valence-electron chi connectivity index (χ0n) is 28.8. The molecule has 0 unspecified atom stereocenters. The van der Waals surface area contributed by atoms with E-state index in [1.165, 1.54) is 41.4 Å². The van der Waals surface area contributed by atoms with Crippen molar-refractivity contribution >= 4 is 71.5 Å². The summed E-state index contributed by atoms with van der Waals surface area (Å²) in [7, 11) is -0.272. The van der Waals surface area contributed by atoms with Gasteiger partial charge in [0.25, 0.3) is 15.7 Å². The average molecular weight is 796 g/mol. The van der Waals surface area contributed by atoms with E-state index >= 15 is 0 Å². The summed E-state index contributed by atoms with van der Waals surface area (Å²) in [4.78, 5) is 28.1. The lowest BCUT2D eigenvalue weighted by Crippen LogP contribution is -2.46. The SMILES string of the molecule is CN(C)CC[C@H](CSc1ccccc1)Nc1ccc(S(=O)(=O)Nc2ncnc3cc(N4CCN(CC5=C(Br)CCC5)CC4)ccc23)cc1[N+](=O)[O-]. The summed E-state index contributed by atoms with van der Waals surface area (Å²) >= 11 is 5.40. The van der Waals surface area contributed by atoms with Crippen LogP contribution < -0.4 is 14.9 Å². The van der Waals surface area contributed by atoms with Gasteiger partial charge in [-0.1, -0.05) is 34.1 Å². The number of nitro groups is 1. The molecule has 1 atom stereocenters. The van der Waals surface area contributed by atoms with Crippen LogP contribution in [-0.4, -0.2) is 98.3 Å². The first-order chi connectivity index (χ1) is 24.6. The summed E-state index contributed by atoms with van der Waals surface area (Å²) in [5.41, 5.74) is 3.08. The third kappa shape index (κ3) is 9.57. The molecule has 270 valence electrons. The number of allylic oxidation sites excluding steroid dienone is 1. The Hall–Kier alpha value is -3.76. The Balaban J connectivity index is 1.15. The van der Waals surface area contributed by atoms with Crippen LogP contribution in [0, 0.1) is 10.1 Å². The average Bonchev–Trinajstić information content (AvgIpc) is 3.53. The van der Waals surface area contributed by atoms with Crippen molar-refractivity contribution in [3.8, 4) is 0 Å². The second-order valence-electron chi connectivity index (χ2n) is 13.1. The summed E-state index contributed by atoms with van der Waals surface area (Å²) in [6, 6.07) is 19.6. The molecule has 12 nitrogen and oxygen atoms in total. The number of piperazine rings is 1. The number of nitrogens with zero attached hydrogens (tertiary/aromatic N) is 6. The first-order valence-electron chi connectivity index (χ1n) is 17.0. The quantitative estimate of drug-likeness (QED) is 0.0746. The smallest absolute Gasteiger partial charge is 0.293 e. The first-order valence-corrected chi connectivity index (χ1v) is 20.3. The van der Waals surface area contributed by atoms with Gasteiger partial charge in [0.2, 0.25) is 0 Å². The van der Waals surface area contributed by atoms with Crippen molar-refractivity contribution in [2.45, 2.75) is 41.5 Å².